The summed E-state index contributed by atoms with van der Waals surface area (Å²) in [5, 5.41) is 24.6. The van der Waals surface area contributed by atoms with E-state index in [9.17, 15) is 19.8 Å². The number of carboxylic acids is 2. The van der Waals surface area contributed by atoms with Gasteiger partial charge in [-0.2, -0.15) is 0 Å². The Balaban J connectivity index is 0.000000200. The quantitative estimate of drug-likeness (QED) is 0.157. The smallest absolute Gasteiger partial charge is 0.0847 e. The predicted octanol–water partition coefficient (Wildman–Crippen LogP) is 5.54. The Labute approximate surface area is 276 Å². The van der Waals surface area contributed by atoms with Crippen molar-refractivity contribution in [3.8, 4) is 0 Å². The minimum absolute atomic E-state index is 0. The van der Waals surface area contributed by atoms with Gasteiger partial charge in [0, 0.05) is 19.5 Å². The Hall–Kier alpha value is -5.12. The third-order valence-electron chi connectivity index (χ3n) is 7.85. The van der Waals surface area contributed by atoms with E-state index in [1.165, 1.54) is 0 Å². The maximum absolute atomic E-state index is 12.3. The first-order valence-corrected chi connectivity index (χ1v) is 14.3. The van der Waals surface area contributed by atoms with E-state index >= 15 is 0 Å². The van der Waals surface area contributed by atoms with Crippen molar-refractivity contribution in [3.63, 3.8) is 0 Å². The molecule has 0 heterocycles. The van der Waals surface area contributed by atoms with E-state index in [1.807, 2.05) is 182 Å². The van der Waals surface area contributed by atoms with Crippen LogP contribution in [0.3, 0.4) is 0 Å². The van der Waals surface area contributed by atoms with Gasteiger partial charge in [-0.15, -0.1) is 0 Å². The topological polar surface area (TPSA) is 80.3 Å². The molecular weight excluding hydrogens is 647 g/mol. The van der Waals surface area contributed by atoms with Crippen LogP contribution in [-0.4, -0.2) is 11.9 Å². The van der Waals surface area contributed by atoms with E-state index in [1.54, 1.807) is 0 Å². The predicted molar refractivity (Wildman–Crippen MR) is 168 cm³/mol. The zero-order valence-electron chi connectivity index (χ0n) is 24.3. The average molecular weight is 678 g/mol. The second-order valence-electron chi connectivity index (χ2n) is 10.3. The average Bonchev–Trinajstić information content (AvgIpc) is 3.08. The van der Waals surface area contributed by atoms with Crippen LogP contribution in [0, 0.1) is 0 Å². The molecule has 5 heteroatoms. The van der Waals surface area contributed by atoms with Crippen molar-refractivity contribution in [2.24, 2.45) is 0 Å². The van der Waals surface area contributed by atoms with Crippen LogP contribution in [0.1, 0.15) is 33.4 Å². The van der Waals surface area contributed by atoms with Gasteiger partial charge < -0.3 is 19.8 Å². The van der Waals surface area contributed by atoms with Gasteiger partial charge in [0.05, 0.1) is 22.8 Å². The second kappa shape index (κ2) is 15.1. The molecule has 0 unspecified atom stereocenters. The van der Waals surface area contributed by atoms with Crippen LogP contribution in [0.25, 0.3) is 0 Å². The maximum atomic E-state index is 12.3. The molecule has 6 aromatic rings. The number of hydrogen-bond acceptors (Lipinski definition) is 4. The van der Waals surface area contributed by atoms with E-state index in [2.05, 4.69) is 0 Å². The van der Waals surface area contributed by atoms with Crippen LogP contribution in [0.5, 0.6) is 0 Å². The standard InChI is InChI=1S/2C20H16O2.Rh/c2*21-19(22)20(16-10-4-1-5-11-16,17-12-6-2-7-13-17)18-14-8-3-9-15-18;/h2*1-15H,(H,21,22);/p-2. The first-order chi connectivity index (χ1) is 21.5. The van der Waals surface area contributed by atoms with Gasteiger partial charge in [-0.25, -0.2) is 0 Å². The van der Waals surface area contributed by atoms with Gasteiger partial charge in [0.1, 0.15) is 0 Å². The number of aliphatic carboxylic acids is 2. The molecule has 0 aliphatic heterocycles. The molecule has 4 nitrogen and oxygen atoms in total. The van der Waals surface area contributed by atoms with Gasteiger partial charge in [-0.3, -0.25) is 0 Å². The first-order valence-electron chi connectivity index (χ1n) is 14.3. The molecule has 0 aromatic heterocycles. The van der Waals surface area contributed by atoms with Crippen LogP contribution in [0.15, 0.2) is 182 Å². The van der Waals surface area contributed by atoms with Crippen molar-refractivity contribution < 1.29 is 39.3 Å². The summed E-state index contributed by atoms with van der Waals surface area (Å²) in [6.07, 6.45) is 0. The summed E-state index contributed by atoms with van der Waals surface area (Å²) in [6.45, 7) is 0. The number of carbonyl (C=O) groups is 2. The third-order valence-corrected chi connectivity index (χ3v) is 7.85. The Morgan fingerprint density at radius 2 is 0.444 bits per heavy atom. The molecule has 6 aromatic carbocycles. The van der Waals surface area contributed by atoms with Gasteiger partial charge in [0.25, 0.3) is 0 Å². The molecule has 45 heavy (non-hydrogen) atoms. The largest absolute Gasteiger partial charge is 0.548 e. The van der Waals surface area contributed by atoms with E-state index < -0.39 is 22.8 Å². The summed E-state index contributed by atoms with van der Waals surface area (Å²) in [7, 11) is 0. The molecular formula is C40H30O4Rh-2. The molecule has 0 saturated carbocycles. The fourth-order valence-electron chi connectivity index (χ4n) is 5.84. The van der Waals surface area contributed by atoms with Crippen molar-refractivity contribution in [2.45, 2.75) is 10.8 Å². The van der Waals surface area contributed by atoms with Crippen molar-refractivity contribution in [1.82, 2.24) is 0 Å². The summed E-state index contributed by atoms with van der Waals surface area (Å²) in [5.74, 6) is -2.26. The van der Waals surface area contributed by atoms with Crippen molar-refractivity contribution in [2.75, 3.05) is 0 Å². The van der Waals surface area contributed by atoms with Crippen LogP contribution >= 0.6 is 0 Å². The Morgan fingerprint density at radius 1 is 0.311 bits per heavy atom. The minimum atomic E-state index is -1.32. The van der Waals surface area contributed by atoms with Crippen LogP contribution < -0.4 is 10.2 Å². The number of hydrogen-bond donors (Lipinski definition) is 0. The summed E-state index contributed by atoms with van der Waals surface area (Å²) >= 11 is 0. The molecule has 6 rings (SSSR count). The summed E-state index contributed by atoms with van der Waals surface area (Å²) in [4.78, 5) is 24.6. The Kier molecular flexibility index (Phi) is 11.0. The first kappa shape index (κ1) is 32.8. The summed E-state index contributed by atoms with van der Waals surface area (Å²) < 4.78 is 0. The number of benzene rings is 6. The SMILES string of the molecule is O=C([O-])C(c1ccccc1)(c1ccccc1)c1ccccc1.O=C([O-])C(c1ccccc1)(c1ccccc1)c1ccccc1.[Rh]. The monoisotopic (exact) mass is 677 g/mol. The zero-order valence-corrected chi connectivity index (χ0v) is 25.9. The molecule has 0 aliphatic rings. The van der Waals surface area contributed by atoms with E-state index in [4.69, 9.17) is 0 Å². The van der Waals surface area contributed by atoms with Gasteiger partial charge in [-0.1, -0.05) is 182 Å². The normalized spacial score (nSPS) is 10.8. The minimum Gasteiger partial charge on any atom is -0.548 e. The molecule has 225 valence electrons. The van der Waals surface area contributed by atoms with Crippen LogP contribution in [0.2, 0.25) is 0 Å². The molecule has 0 N–H and O–H groups in total. The fourth-order valence-corrected chi connectivity index (χ4v) is 5.84. The number of rotatable bonds is 8. The molecule has 0 aliphatic carbocycles. The molecule has 1 radical (unpaired) electrons. The second-order valence-corrected chi connectivity index (χ2v) is 10.3. The molecule has 0 fully saturated rings. The van der Waals surface area contributed by atoms with Crippen LogP contribution in [0.4, 0.5) is 0 Å². The fraction of sp³-hybridized carbons (Fsp3) is 0.0500. The van der Waals surface area contributed by atoms with Gasteiger partial charge in [0.15, 0.2) is 0 Å². The maximum Gasteiger partial charge on any atom is 0.0847 e. The van der Waals surface area contributed by atoms with Gasteiger partial charge in [0.2, 0.25) is 0 Å². The molecule has 0 saturated heterocycles. The molecule has 0 amide bonds. The van der Waals surface area contributed by atoms with Crippen molar-refractivity contribution in [1.29, 1.82) is 0 Å². The Morgan fingerprint density at radius 3 is 0.556 bits per heavy atom. The van der Waals surface area contributed by atoms with E-state index in [0.29, 0.717) is 33.4 Å². The molecule has 0 bridgehead atoms. The molecule has 0 spiro atoms. The van der Waals surface area contributed by atoms with Crippen LogP contribution in [-0.2, 0) is 39.9 Å². The number of carbonyl (C=O) groups excluding carboxylic acids is 2. The Bertz CT molecular complexity index is 1450. The molecule has 0 atom stereocenters. The van der Waals surface area contributed by atoms with Crippen molar-refractivity contribution >= 4 is 11.9 Å². The summed E-state index contributed by atoms with van der Waals surface area (Å²) in [5.41, 5.74) is 1.49. The van der Waals surface area contributed by atoms with E-state index in [0.717, 1.165) is 0 Å². The van der Waals surface area contributed by atoms with Crippen molar-refractivity contribution in [3.05, 3.63) is 215 Å². The van der Waals surface area contributed by atoms with E-state index in [-0.39, 0.29) is 19.5 Å². The van der Waals surface area contributed by atoms with Gasteiger partial charge >= 0.3 is 0 Å². The summed E-state index contributed by atoms with van der Waals surface area (Å²) in [6, 6.07) is 55.4. The number of carboxylic acid groups (broad SMARTS) is 2. The zero-order chi connectivity index (χ0) is 30.8. The third kappa shape index (κ3) is 6.40. The van der Waals surface area contributed by atoms with Gasteiger partial charge in [-0.05, 0) is 33.4 Å².